The SMILES string of the molecule is CCCCO[Si](CC)(CC)CCC[Si](CC)(CC)OCCCC. The van der Waals surface area contributed by atoms with Gasteiger partial charge in [-0.2, -0.15) is 0 Å². The molecule has 2 nitrogen and oxygen atoms in total. The van der Waals surface area contributed by atoms with Crippen molar-refractivity contribution in [2.24, 2.45) is 0 Å². The molecule has 0 aliphatic heterocycles. The molecule has 0 fully saturated rings. The lowest BCUT2D eigenvalue weighted by Gasteiger charge is -2.33. The minimum Gasteiger partial charge on any atom is -0.417 e. The van der Waals surface area contributed by atoms with Crippen molar-refractivity contribution in [1.29, 1.82) is 0 Å². The molecule has 140 valence electrons. The number of unbranched alkanes of at least 4 members (excludes halogenated alkanes) is 2. The highest BCUT2D eigenvalue weighted by Gasteiger charge is 2.34. The van der Waals surface area contributed by atoms with E-state index < -0.39 is 16.6 Å². The topological polar surface area (TPSA) is 18.5 Å². The molecular formula is C19H44O2Si2. The van der Waals surface area contributed by atoms with E-state index in [1.54, 1.807) is 0 Å². The molecule has 0 spiro atoms. The molecule has 0 saturated heterocycles. The summed E-state index contributed by atoms with van der Waals surface area (Å²) in [5, 5.41) is 0. The zero-order chi connectivity index (χ0) is 17.6. The van der Waals surface area contributed by atoms with Gasteiger partial charge in [0.15, 0.2) is 16.6 Å². The highest BCUT2D eigenvalue weighted by molar-refractivity contribution is 6.75. The van der Waals surface area contributed by atoms with Gasteiger partial charge in [-0.05, 0) is 49.1 Å². The molecule has 0 aromatic rings. The Morgan fingerprint density at radius 3 is 1.13 bits per heavy atom. The Labute approximate surface area is 149 Å². The van der Waals surface area contributed by atoms with Crippen LogP contribution in [0.5, 0.6) is 0 Å². The molecule has 0 heterocycles. The van der Waals surface area contributed by atoms with Crippen LogP contribution in [0.3, 0.4) is 0 Å². The van der Waals surface area contributed by atoms with Crippen LogP contribution in [-0.2, 0) is 8.85 Å². The lowest BCUT2D eigenvalue weighted by atomic mass is 10.4. The first-order chi connectivity index (χ1) is 11.1. The average Bonchev–Trinajstić information content (AvgIpc) is 2.59. The molecule has 0 aliphatic carbocycles. The van der Waals surface area contributed by atoms with E-state index in [1.165, 1.54) is 68.4 Å². The average molecular weight is 361 g/mol. The molecule has 23 heavy (non-hydrogen) atoms. The monoisotopic (exact) mass is 360 g/mol. The molecule has 4 heteroatoms. The van der Waals surface area contributed by atoms with Gasteiger partial charge in [-0.1, -0.05) is 60.8 Å². The van der Waals surface area contributed by atoms with Crippen molar-refractivity contribution in [3.05, 3.63) is 0 Å². The van der Waals surface area contributed by atoms with Gasteiger partial charge in [0.25, 0.3) is 0 Å². The van der Waals surface area contributed by atoms with Crippen molar-refractivity contribution in [2.75, 3.05) is 13.2 Å². The van der Waals surface area contributed by atoms with Crippen LogP contribution in [0.2, 0.25) is 36.3 Å². The zero-order valence-electron chi connectivity index (χ0n) is 17.0. The van der Waals surface area contributed by atoms with Crippen molar-refractivity contribution >= 4 is 16.6 Å². The third-order valence-corrected chi connectivity index (χ3v) is 15.0. The van der Waals surface area contributed by atoms with E-state index in [9.17, 15) is 0 Å². The van der Waals surface area contributed by atoms with Crippen LogP contribution in [0.25, 0.3) is 0 Å². The summed E-state index contributed by atoms with van der Waals surface area (Å²) in [5.74, 6) is 0. The minimum absolute atomic E-state index is 0.988. The highest BCUT2D eigenvalue weighted by atomic mass is 28.4. The van der Waals surface area contributed by atoms with Crippen molar-refractivity contribution in [3.63, 3.8) is 0 Å². The Morgan fingerprint density at radius 1 is 0.522 bits per heavy atom. The summed E-state index contributed by atoms with van der Waals surface area (Å²) in [5.41, 5.74) is 0. The van der Waals surface area contributed by atoms with E-state index in [4.69, 9.17) is 8.85 Å². The van der Waals surface area contributed by atoms with Gasteiger partial charge in [0.2, 0.25) is 0 Å². The van der Waals surface area contributed by atoms with Gasteiger partial charge in [0, 0.05) is 13.2 Å². The third kappa shape index (κ3) is 8.85. The first-order valence-electron chi connectivity index (χ1n) is 10.3. The molecule has 0 amide bonds. The second kappa shape index (κ2) is 13.6. The van der Waals surface area contributed by atoms with Crippen LogP contribution in [0.1, 0.15) is 73.6 Å². The summed E-state index contributed by atoms with van der Waals surface area (Å²) < 4.78 is 12.9. The lowest BCUT2D eigenvalue weighted by Crippen LogP contribution is -2.40. The highest BCUT2D eigenvalue weighted by Crippen LogP contribution is 2.30. The van der Waals surface area contributed by atoms with Crippen LogP contribution < -0.4 is 0 Å². The number of rotatable bonds is 16. The van der Waals surface area contributed by atoms with E-state index >= 15 is 0 Å². The predicted molar refractivity (Wildman–Crippen MR) is 109 cm³/mol. The van der Waals surface area contributed by atoms with Crippen LogP contribution in [0.4, 0.5) is 0 Å². The fourth-order valence-corrected chi connectivity index (χ4v) is 10.0. The van der Waals surface area contributed by atoms with Crippen LogP contribution in [0, 0.1) is 0 Å². The standard InChI is InChI=1S/C19H44O2Si2/c1-7-13-16-20-22(9-3,10-4)18-15-19-23(11-5,12-6)21-17-14-8-2/h7-19H2,1-6H3. The van der Waals surface area contributed by atoms with Gasteiger partial charge in [-0.3, -0.25) is 0 Å². The van der Waals surface area contributed by atoms with Crippen LogP contribution >= 0.6 is 0 Å². The second-order valence-corrected chi connectivity index (χ2v) is 16.2. The van der Waals surface area contributed by atoms with Crippen molar-refractivity contribution in [2.45, 2.75) is 110 Å². The van der Waals surface area contributed by atoms with Crippen molar-refractivity contribution in [1.82, 2.24) is 0 Å². The Kier molecular flexibility index (Phi) is 13.8. The molecular weight excluding hydrogens is 316 g/mol. The van der Waals surface area contributed by atoms with Crippen LogP contribution in [-0.4, -0.2) is 29.8 Å². The lowest BCUT2D eigenvalue weighted by molar-refractivity contribution is 0.285. The Morgan fingerprint density at radius 2 is 0.870 bits per heavy atom. The first-order valence-corrected chi connectivity index (χ1v) is 15.4. The molecule has 0 radical (unpaired) electrons. The van der Waals surface area contributed by atoms with Crippen molar-refractivity contribution < 1.29 is 8.85 Å². The number of hydrogen-bond acceptors (Lipinski definition) is 2. The summed E-state index contributed by atoms with van der Waals surface area (Å²) in [4.78, 5) is 0. The predicted octanol–water partition coefficient (Wildman–Crippen LogP) is 6.98. The Bertz CT molecular complexity index is 238. The molecule has 0 N–H and O–H groups in total. The number of hydrogen-bond donors (Lipinski definition) is 0. The normalized spacial score (nSPS) is 12.8. The molecule has 0 saturated carbocycles. The van der Waals surface area contributed by atoms with E-state index in [-0.39, 0.29) is 0 Å². The fraction of sp³-hybridized carbons (Fsp3) is 1.00. The third-order valence-electron chi connectivity index (χ3n) is 5.65. The van der Waals surface area contributed by atoms with E-state index in [2.05, 4.69) is 41.5 Å². The van der Waals surface area contributed by atoms with E-state index in [0.29, 0.717) is 0 Å². The first kappa shape index (κ1) is 23.4. The smallest absolute Gasteiger partial charge is 0.192 e. The Balaban J connectivity index is 4.50. The molecule has 0 unspecified atom stereocenters. The summed E-state index contributed by atoms with van der Waals surface area (Å²) in [7, 11) is -2.95. The summed E-state index contributed by atoms with van der Waals surface area (Å²) >= 11 is 0. The summed E-state index contributed by atoms with van der Waals surface area (Å²) in [6, 6.07) is 7.78. The fourth-order valence-electron chi connectivity index (χ4n) is 3.36. The van der Waals surface area contributed by atoms with Gasteiger partial charge in [-0.25, -0.2) is 0 Å². The molecule has 0 aromatic heterocycles. The van der Waals surface area contributed by atoms with E-state index in [0.717, 1.165) is 13.2 Å². The molecule has 0 aromatic carbocycles. The maximum Gasteiger partial charge on any atom is 0.192 e. The van der Waals surface area contributed by atoms with Gasteiger partial charge < -0.3 is 8.85 Å². The quantitative estimate of drug-likeness (QED) is 0.218. The van der Waals surface area contributed by atoms with E-state index in [1.807, 2.05) is 0 Å². The van der Waals surface area contributed by atoms with Gasteiger partial charge in [-0.15, -0.1) is 0 Å². The summed E-state index contributed by atoms with van der Waals surface area (Å²) in [6.45, 7) is 15.9. The van der Waals surface area contributed by atoms with Gasteiger partial charge >= 0.3 is 0 Å². The van der Waals surface area contributed by atoms with Crippen LogP contribution in [0.15, 0.2) is 0 Å². The maximum atomic E-state index is 6.46. The largest absolute Gasteiger partial charge is 0.417 e. The molecule has 0 bridgehead atoms. The van der Waals surface area contributed by atoms with Crippen molar-refractivity contribution in [3.8, 4) is 0 Å². The summed E-state index contributed by atoms with van der Waals surface area (Å²) in [6.07, 6.45) is 6.25. The minimum atomic E-state index is -1.48. The Hall–Kier alpha value is 0.354. The van der Waals surface area contributed by atoms with Gasteiger partial charge in [0.1, 0.15) is 0 Å². The zero-order valence-corrected chi connectivity index (χ0v) is 19.0. The second-order valence-electron chi connectivity index (χ2n) is 7.04. The molecule has 0 aliphatic rings. The molecule has 0 rings (SSSR count). The maximum absolute atomic E-state index is 6.46. The molecule has 0 atom stereocenters. The van der Waals surface area contributed by atoms with Gasteiger partial charge in [0.05, 0.1) is 0 Å².